The molecule has 0 aromatic heterocycles. The lowest BCUT2D eigenvalue weighted by molar-refractivity contribution is -0.147. The maximum Gasteiger partial charge on any atom is 0.308 e. The van der Waals surface area contributed by atoms with Crippen LogP contribution in [0.3, 0.4) is 0 Å². The van der Waals surface area contributed by atoms with E-state index in [1.807, 2.05) is 6.92 Å². The monoisotopic (exact) mass is 394 g/mol. The zero-order valence-electron chi connectivity index (χ0n) is 15.5. The van der Waals surface area contributed by atoms with Crippen molar-refractivity contribution >= 4 is 21.9 Å². The van der Waals surface area contributed by atoms with Gasteiger partial charge in [0.2, 0.25) is 15.9 Å². The number of carbonyl (C=O) groups is 2. The second-order valence-electron chi connectivity index (χ2n) is 7.45. The van der Waals surface area contributed by atoms with Gasteiger partial charge in [-0.2, -0.15) is 4.31 Å². The average molecular weight is 394 g/mol. The van der Waals surface area contributed by atoms with Crippen LogP contribution in [0.5, 0.6) is 0 Å². The highest BCUT2D eigenvalue weighted by Gasteiger charge is 2.36. The van der Waals surface area contributed by atoms with Gasteiger partial charge in [0.25, 0.3) is 0 Å². The topological polar surface area (TPSA) is 95.0 Å². The Kier molecular flexibility index (Phi) is 5.86. The van der Waals surface area contributed by atoms with E-state index in [4.69, 9.17) is 0 Å². The number of piperidine rings is 2. The van der Waals surface area contributed by atoms with Crippen LogP contribution in [0.1, 0.15) is 31.2 Å². The number of rotatable bonds is 4. The number of likely N-dealkylation sites (tertiary alicyclic amines) is 1. The van der Waals surface area contributed by atoms with Crippen molar-refractivity contribution in [3.05, 3.63) is 29.8 Å². The molecule has 3 rings (SSSR count). The fraction of sp³-hybridized carbons (Fsp3) is 0.579. The fourth-order valence-corrected chi connectivity index (χ4v) is 5.31. The number of carbonyl (C=O) groups excluding carboxylic acids is 1. The predicted octanol–water partition coefficient (Wildman–Crippen LogP) is 1.72. The molecular formula is C19H26N2O5S. The van der Waals surface area contributed by atoms with Gasteiger partial charge in [0.1, 0.15) is 0 Å². The van der Waals surface area contributed by atoms with Gasteiger partial charge in [-0.25, -0.2) is 8.42 Å². The van der Waals surface area contributed by atoms with Gasteiger partial charge < -0.3 is 10.0 Å². The largest absolute Gasteiger partial charge is 0.481 e. The first kappa shape index (κ1) is 19.8. The van der Waals surface area contributed by atoms with Crippen LogP contribution < -0.4 is 0 Å². The third kappa shape index (κ3) is 4.32. The van der Waals surface area contributed by atoms with E-state index in [9.17, 15) is 23.1 Å². The van der Waals surface area contributed by atoms with Crippen molar-refractivity contribution in [3.8, 4) is 0 Å². The highest BCUT2D eigenvalue weighted by Crippen LogP contribution is 2.27. The third-order valence-corrected chi connectivity index (χ3v) is 7.46. The summed E-state index contributed by atoms with van der Waals surface area (Å²) in [7, 11) is -3.54. The molecule has 0 spiro atoms. The first-order valence-corrected chi connectivity index (χ1v) is 10.8. The molecular weight excluding hydrogens is 368 g/mol. The van der Waals surface area contributed by atoms with E-state index in [0.717, 1.165) is 5.56 Å². The smallest absolute Gasteiger partial charge is 0.308 e. The van der Waals surface area contributed by atoms with E-state index in [0.29, 0.717) is 45.3 Å². The zero-order chi connectivity index (χ0) is 19.6. The molecule has 2 fully saturated rings. The maximum atomic E-state index is 12.8. The Morgan fingerprint density at radius 3 is 2.22 bits per heavy atom. The van der Waals surface area contributed by atoms with Gasteiger partial charge in [0, 0.05) is 32.1 Å². The molecule has 2 heterocycles. The number of carboxylic acids is 1. The van der Waals surface area contributed by atoms with Crippen LogP contribution in [0.15, 0.2) is 29.2 Å². The predicted molar refractivity (Wildman–Crippen MR) is 99.6 cm³/mol. The van der Waals surface area contributed by atoms with Gasteiger partial charge in [0.05, 0.1) is 10.8 Å². The van der Waals surface area contributed by atoms with E-state index in [1.54, 1.807) is 29.2 Å². The summed E-state index contributed by atoms with van der Waals surface area (Å²) in [6.07, 6.45) is 2.24. The van der Waals surface area contributed by atoms with Crippen molar-refractivity contribution in [3.63, 3.8) is 0 Å². The molecule has 8 heteroatoms. The third-order valence-electron chi connectivity index (χ3n) is 5.54. The summed E-state index contributed by atoms with van der Waals surface area (Å²) in [5, 5.41) is 9.19. The lowest BCUT2D eigenvalue weighted by Crippen LogP contribution is -2.48. The summed E-state index contributed by atoms with van der Waals surface area (Å²) in [4.78, 5) is 25.9. The number of aliphatic carboxylic acids is 1. The van der Waals surface area contributed by atoms with Gasteiger partial charge in [-0.05, 0) is 44.7 Å². The summed E-state index contributed by atoms with van der Waals surface area (Å²) >= 11 is 0. The lowest BCUT2D eigenvalue weighted by Gasteiger charge is -2.36. The van der Waals surface area contributed by atoms with Crippen LogP contribution in [0.25, 0.3) is 0 Å². The number of sulfonamides is 1. The number of benzene rings is 1. The van der Waals surface area contributed by atoms with E-state index in [1.165, 1.54) is 4.31 Å². The average Bonchev–Trinajstić information content (AvgIpc) is 2.68. The van der Waals surface area contributed by atoms with Gasteiger partial charge in [0.15, 0.2) is 0 Å². The molecule has 27 heavy (non-hydrogen) atoms. The van der Waals surface area contributed by atoms with Crippen molar-refractivity contribution in [2.45, 2.75) is 37.5 Å². The standard InChI is InChI=1S/C19H26N2O5S/c1-14-4-6-17(7-5-14)27(25,26)21-11-8-15(9-12-21)18(22)20-10-2-3-16(13-20)19(23)24/h4-7,15-16H,2-3,8-13H2,1H3,(H,23,24). The molecule has 1 aromatic rings. The molecule has 2 aliphatic rings. The summed E-state index contributed by atoms with van der Waals surface area (Å²) < 4.78 is 27.0. The van der Waals surface area contributed by atoms with Crippen LogP contribution in [-0.2, 0) is 19.6 Å². The van der Waals surface area contributed by atoms with Crippen molar-refractivity contribution in [1.29, 1.82) is 0 Å². The molecule has 1 aromatic carbocycles. The molecule has 1 atom stereocenters. The minimum Gasteiger partial charge on any atom is -0.481 e. The van der Waals surface area contributed by atoms with Crippen molar-refractivity contribution in [2.75, 3.05) is 26.2 Å². The van der Waals surface area contributed by atoms with Crippen LogP contribution in [0, 0.1) is 18.8 Å². The van der Waals surface area contributed by atoms with Crippen LogP contribution in [0.4, 0.5) is 0 Å². The van der Waals surface area contributed by atoms with Gasteiger partial charge in [-0.3, -0.25) is 9.59 Å². The second-order valence-corrected chi connectivity index (χ2v) is 9.39. The number of aryl methyl sites for hydroxylation is 1. The van der Waals surface area contributed by atoms with Crippen LogP contribution >= 0.6 is 0 Å². The fourth-order valence-electron chi connectivity index (χ4n) is 3.84. The minimum absolute atomic E-state index is 0.0340. The normalized spacial score (nSPS) is 22.6. The number of amides is 1. The Bertz CT molecular complexity index is 798. The molecule has 1 unspecified atom stereocenters. The Hall–Kier alpha value is -1.93. The Morgan fingerprint density at radius 1 is 1.00 bits per heavy atom. The Balaban J connectivity index is 1.60. The van der Waals surface area contributed by atoms with Crippen molar-refractivity contribution < 1.29 is 23.1 Å². The molecule has 1 N–H and O–H groups in total. The number of hydrogen-bond acceptors (Lipinski definition) is 4. The van der Waals surface area contributed by atoms with Gasteiger partial charge >= 0.3 is 5.97 Å². The molecule has 0 radical (unpaired) electrons. The second kappa shape index (κ2) is 7.98. The molecule has 7 nitrogen and oxygen atoms in total. The number of nitrogens with zero attached hydrogens (tertiary/aromatic N) is 2. The molecule has 2 saturated heterocycles. The van der Waals surface area contributed by atoms with Gasteiger partial charge in [-0.1, -0.05) is 17.7 Å². The molecule has 0 bridgehead atoms. The SMILES string of the molecule is Cc1ccc(S(=O)(=O)N2CCC(C(=O)N3CCCC(C(=O)O)C3)CC2)cc1. The first-order chi connectivity index (χ1) is 12.8. The number of hydrogen-bond donors (Lipinski definition) is 1. The highest BCUT2D eigenvalue weighted by molar-refractivity contribution is 7.89. The maximum absolute atomic E-state index is 12.8. The van der Waals surface area contributed by atoms with Crippen LogP contribution in [0.2, 0.25) is 0 Å². The van der Waals surface area contributed by atoms with E-state index >= 15 is 0 Å². The van der Waals surface area contributed by atoms with Gasteiger partial charge in [-0.15, -0.1) is 0 Å². The molecule has 0 aliphatic carbocycles. The Labute approximate surface area is 160 Å². The van der Waals surface area contributed by atoms with Crippen LogP contribution in [-0.4, -0.2) is 60.8 Å². The van der Waals surface area contributed by atoms with Crippen molar-refractivity contribution in [2.24, 2.45) is 11.8 Å². The summed E-state index contributed by atoms with van der Waals surface area (Å²) in [5.74, 6) is -1.62. The van der Waals surface area contributed by atoms with E-state index < -0.39 is 21.9 Å². The summed E-state index contributed by atoms with van der Waals surface area (Å²) in [5.41, 5.74) is 0.999. The highest BCUT2D eigenvalue weighted by atomic mass is 32.2. The molecule has 0 saturated carbocycles. The van der Waals surface area contributed by atoms with E-state index in [2.05, 4.69) is 0 Å². The minimum atomic E-state index is -3.54. The molecule has 148 valence electrons. The zero-order valence-corrected chi connectivity index (χ0v) is 16.3. The number of carboxylic acid groups (broad SMARTS) is 1. The Morgan fingerprint density at radius 2 is 1.63 bits per heavy atom. The van der Waals surface area contributed by atoms with E-state index in [-0.39, 0.29) is 23.3 Å². The first-order valence-electron chi connectivity index (χ1n) is 9.37. The summed E-state index contributed by atoms with van der Waals surface area (Å²) in [6.45, 7) is 3.37. The molecule has 2 aliphatic heterocycles. The van der Waals surface area contributed by atoms with Crippen molar-refractivity contribution in [1.82, 2.24) is 9.21 Å². The lowest BCUT2D eigenvalue weighted by atomic mass is 9.93. The molecule has 1 amide bonds. The quantitative estimate of drug-likeness (QED) is 0.839. The summed E-state index contributed by atoms with van der Waals surface area (Å²) in [6, 6.07) is 6.78.